The van der Waals surface area contributed by atoms with E-state index < -0.39 is 0 Å². The third-order valence-electron chi connectivity index (χ3n) is 3.45. The molecular formula is C15H22N2O. The van der Waals surface area contributed by atoms with Crippen LogP contribution in [0.2, 0.25) is 0 Å². The molecule has 18 heavy (non-hydrogen) atoms. The minimum atomic E-state index is 0.383. The van der Waals surface area contributed by atoms with Crippen LogP contribution in [0.3, 0.4) is 0 Å². The smallest absolute Gasteiger partial charge is 0.132 e. The second-order valence-corrected chi connectivity index (χ2v) is 5.77. The number of aryl methyl sites for hydroxylation is 1. The predicted octanol–water partition coefficient (Wildman–Crippen LogP) is 3.21. The normalized spacial score (nSPS) is 17.4. The maximum absolute atomic E-state index is 11.3. The van der Waals surface area contributed by atoms with Crippen LogP contribution in [0.15, 0.2) is 6.07 Å². The summed E-state index contributed by atoms with van der Waals surface area (Å²) >= 11 is 0. The fourth-order valence-corrected chi connectivity index (χ4v) is 2.56. The molecule has 0 aliphatic heterocycles. The van der Waals surface area contributed by atoms with Gasteiger partial charge in [0.1, 0.15) is 11.6 Å². The Hall–Kier alpha value is -1.25. The molecule has 3 heteroatoms. The lowest BCUT2D eigenvalue weighted by molar-refractivity contribution is -0.120. The van der Waals surface area contributed by atoms with Gasteiger partial charge in [-0.1, -0.05) is 13.8 Å². The van der Waals surface area contributed by atoms with Gasteiger partial charge in [-0.2, -0.15) is 0 Å². The summed E-state index contributed by atoms with van der Waals surface area (Å²) < 4.78 is 0. The van der Waals surface area contributed by atoms with Crippen molar-refractivity contribution in [2.24, 2.45) is 5.92 Å². The summed E-state index contributed by atoms with van der Waals surface area (Å²) in [5.74, 6) is 2.34. The van der Waals surface area contributed by atoms with E-state index >= 15 is 0 Å². The highest BCUT2D eigenvalue weighted by Gasteiger charge is 2.22. The second kappa shape index (κ2) is 5.59. The maximum Gasteiger partial charge on any atom is 0.132 e. The SMILES string of the molecule is Cc1cc(CC(C)C)nc(C2CCC(=O)CC2)n1. The number of ketones is 1. The van der Waals surface area contributed by atoms with Crippen molar-refractivity contribution < 1.29 is 4.79 Å². The Bertz CT molecular complexity index is 430. The fourth-order valence-electron chi connectivity index (χ4n) is 2.56. The molecule has 1 aromatic heterocycles. The molecular weight excluding hydrogens is 224 g/mol. The van der Waals surface area contributed by atoms with E-state index in [0.717, 1.165) is 36.5 Å². The van der Waals surface area contributed by atoms with Crippen molar-refractivity contribution in [3.63, 3.8) is 0 Å². The predicted molar refractivity (Wildman–Crippen MR) is 71.5 cm³/mol. The lowest BCUT2D eigenvalue weighted by Gasteiger charge is -2.20. The zero-order valence-corrected chi connectivity index (χ0v) is 11.6. The molecule has 2 rings (SSSR count). The maximum atomic E-state index is 11.3. The minimum Gasteiger partial charge on any atom is -0.300 e. The van der Waals surface area contributed by atoms with Gasteiger partial charge in [0.2, 0.25) is 0 Å². The van der Waals surface area contributed by atoms with E-state index in [4.69, 9.17) is 4.98 Å². The van der Waals surface area contributed by atoms with E-state index in [0.29, 0.717) is 30.5 Å². The van der Waals surface area contributed by atoms with Gasteiger partial charge in [-0.25, -0.2) is 9.97 Å². The third-order valence-corrected chi connectivity index (χ3v) is 3.45. The number of hydrogen-bond donors (Lipinski definition) is 0. The van der Waals surface area contributed by atoms with Crippen molar-refractivity contribution in [2.45, 2.75) is 58.8 Å². The first-order valence-corrected chi connectivity index (χ1v) is 6.90. The molecule has 0 radical (unpaired) electrons. The van der Waals surface area contributed by atoms with E-state index in [1.807, 2.05) is 6.92 Å². The molecule has 98 valence electrons. The average Bonchev–Trinajstić information content (AvgIpc) is 2.28. The molecule has 0 saturated heterocycles. The van der Waals surface area contributed by atoms with E-state index in [-0.39, 0.29) is 0 Å². The van der Waals surface area contributed by atoms with Crippen LogP contribution in [-0.4, -0.2) is 15.8 Å². The molecule has 0 atom stereocenters. The Morgan fingerprint density at radius 3 is 2.56 bits per heavy atom. The Labute approximate surface area is 109 Å². The number of carbonyl (C=O) groups excluding carboxylic acids is 1. The van der Waals surface area contributed by atoms with Crippen molar-refractivity contribution in [3.05, 3.63) is 23.3 Å². The highest BCUT2D eigenvalue weighted by atomic mass is 16.1. The first-order chi connectivity index (χ1) is 8.54. The van der Waals surface area contributed by atoms with Crippen LogP contribution in [0.4, 0.5) is 0 Å². The van der Waals surface area contributed by atoms with Crippen molar-refractivity contribution in [1.82, 2.24) is 9.97 Å². The number of hydrogen-bond acceptors (Lipinski definition) is 3. The summed E-state index contributed by atoms with van der Waals surface area (Å²) in [6.07, 6.45) is 4.23. The van der Waals surface area contributed by atoms with Crippen LogP contribution < -0.4 is 0 Å². The van der Waals surface area contributed by atoms with Crippen LogP contribution in [0.25, 0.3) is 0 Å². The van der Waals surface area contributed by atoms with Crippen LogP contribution in [0.1, 0.15) is 62.7 Å². The Kier molecular flexibility index (Phi) is 4.10. The van der Waals surface area contributed by atoms with Gasteiger partial charge >= 0.3 is 0 Å². The Balaban J connectivity index is 2.17. The molecule has 0 amide bonds. The molecule has 0 spiro atoms. The zero-order valence-electron chi connectivity index (χ0n) is 11.6. The molecule has 0 N–H and O–H groups in total. The number of Topliss-reactive ketones (excluding diaryl/α,β-unsaturated/α-hetero) is 1. The quantitative estimate of drug-likeness (QED) is 0.822. The molecule has 1 heterocycles. The van der Waals surface area contributed by atoms with Crippen LogP contribution >= 0.6 is 0 Å². The number of aromatic nitrogens is 2. The standard InChI is InChI=1S/C15H22N2O/c1-10(2)8-13-9-11(3)16-15(17-13)12-4-6-14(18)7-5-12/h9-10,12H,4-8H2,1-3H3. The van der Waals surface area contributed by atoms with Gasteiger partial charge in [0.05, 0.1) is 0 Å². The van der Waals surface area contributed by atoms with Crippen molar-refractivity contribution in [2.75, 3.05) is 0 Å². The van der Waals surface area contributed by atoms with E-state index in [1.54, 1.807) is 0 Å². The van der Waals surface area contributed by atoms with Crippen LogP contribution in [0.5, 0.6) is 0 Å². The fraction of sp³-hybridized carbons (Fsp3) is 0.667. The van der Waals surface area contributed by atoms with Crippen molar-refractivity contribution >= 4 is 5.78 Å². The van der Waals surface area contributed by atoms with Gasteiger partial charge < -0.3 is 0 Å². The molecule has 0 bridgehead atoms. The van der Waals surface area contributed by atoms with Gasteiger partial charge in [0, 0.05) is 30.1 Å². The van der Waals surface area contributed by atoms with Gasteiger partial charge in [0.25, 0.3) is 0 Å². The summed E-state index contributed by atoms with van der Waals surface area (Å²) in [7, 11) is 0. The molecule has 1 aliphatic rings. The van der Waals surface area contributed by atoms with E-state index in [2.05, 4.69) is 24.9 Å². The largest absolute Gasteiger partial charge is 0.300 e. The van der Waals surface area contributed by atoms with Crippen LogP contribution in [0, 0.1) is 12.8 Å². The number of nitrogens with zero attached hydrogens (tertiary/aromatic N) is 2. The zero-order chi connectivity index (χ0) is 13.1. The average molecular weight is 246 g/mol. The first kappa shape index (κ1) is 13.2. The van der Waals surface area contributed by atoms with E-state index in [1.165, 1.54) is 0 Å². The lowest BCUT2D eigenvalue weighted by atomic mass is 9.87. The Morgan fingerprint density at radius 1 is 1.28 bits per heavy atom. The van der Waals surface area contributed by atoms with Crippen molar-refractivity contribution in [1.29, 1.82) is 0 Å². The molecule has 1 fully saturated rings. The summed E-state index contributed by atoms with van der Waals surface area (Å²) in [5, 5.41) is 0. The second-order valence-electron chi connectivity index (χ2n) is 5.77. The molecule has 1 aliphatic carbocycles. The van der Waals surface area contributed by atoms with E-state index in [9.17, 15) is 4.79 Å². The molecule has 0 aromatic carbocycles. The number of rotatable bonds is 3. The highest BCUT2D eigenvalue weighted by Crippen LogP contribution is 2.29. The molecule has 3 nitrogen and oxygen atoms in total. The first-order valence-electron chi connectivity index (χ1n) is 6.90. The van der Waals surface area contributed by atoms with Gasteiger partial charge in [-0.3, -0.25) is 4.79 Å². The summed E-state index contributed by atoms with van der Waals surface area (Å²) in [6.45, 7) is 6.44. The summed E-state index contributed by atoms with van der Waals surface area (Å²) in [5.41, 5.74) is 2.19. The molecule has 1 saturated carbocycles. The van der Waals surface area contributed by atoms with Crippen LogP contribution in [-0.2, 0) is 11.2 Å². The summed E-state index contributed by atoms with van der Waals surface area (Å²) in [6, 6.07) is 2.08. The monoisotopic (exact) mass is 246 g/mol. The topological polar surface area (TPSA) is 42.9 Å². The summed E-state index contributed by atoms with van der Waals surface area (Å²) in [4.78, 5) is 20.5. The molecule has 0 unspecified atom stereocenters. The van der Waals surface area contributed by atoms with Gasteiger partial charge in [0.15, 0.2) is 0 Å². The Morgan fingerprint density at radius 2 is 1.94 bits per heavy atom. The van der Waals surface area contributed by atoms with Gasteiger partial charge in [-0.05, 0) is 38.2 Å². The van der Waals surface area contributed by atoms with Gasteiger partial charge in [-0.15, -0.1) is 0 Å². The highest BCUT2D eigenvalue weighted by molar-refractivity contribution is 5.79. The third kappa shape index (κ3) is 3.37. The lowest BCUT2D eigenvalue weighted by Crippen LogP contribution is -2.16. The van der Waals surface area contributed by atoms with Crippen molar-refractivity contribution in [3.8, 4) is 0 Å². The minimum absolute atomic E-state index is 0.383. The number of carbonyl (C=O) groups is 1. The molecule has 1 aromatic rings.